The maximum absolute atomic E-state index is 12.6. The van der Waals surface area contributed by atoms with Gasteiger partial charge in [-0.3, -0.25) is 4.79 Å². The maximum Gasteiger partial charge on any atom is 0.306 e. The molecule has 2 aromatic heterocycles. The molecule has 1 fully saturated rings. The average Bonchev–Trinajstić information content (AvgIpc) is 3.03. The SMILES string of the molecule is O=C(CCSCc1cn2ccccc2n1)OC[C@H]1C[C@H]1F. The van der Waals surface area contributed by atoms with Crippen molar-refractivity contribution >= 4 is 23.4 Å². The summed E-state index contributed by atoms with van der Waals surface area (Å²) in [5, 5.41) is 0. The molecule has 4 nitrogen and oxygen atoms in total. The van der Waals surface area contributed by atoms with Crippen molar-refractivity contribution in [2.45, 2.75) is 24.8 Å². The van der Waals surface area contributed by atoms with Gasteiger partial charge in [0.05, 0.1) is 18.7 Å². The van der Waals surface area contributed by atoms with Crippen LogP contribution in [-0.2, 0) is 15.3 Å². The van der Waals surface area contributed by atoms with Gasteiger partial charge in [0, 0.05) is 29.8 Å². The van der Waals surface area contributed by atoms with Gasteiger partial charge < -0.3 is 9.14 Å². The molecule has 0 aliphatic heterocycles. The number of alkyl halides is 1. The molecule has 0 spiro atoms. The molecule has 21 heavy (non-hydrogen) atoms. The second-order valence-electron chi connectivity index (χ2n) is 5.20. The fraction of sp³-hybridized carbons (Fsp3) is 0.467. The molecule has 3 rings (SSSR count). The predicted octanol–water partition coefficient (Wildman–Crippen LogP) is 2.86. The summed E-state index contributed by atoms with van der Waals surface area (Å²) in [7, 11) is 0. The molecule has 2 aromatic rings. The summed E-state index contributed by atoms with van der Waals surface area (Å²) in [6, 6.07) is 5.88. The number of fused-ring (bicyclic) bond motifs is 1. The molecular formula is C15H17FN2O2S. The van der Waals surface area contributed by atoms with Crippen LogP contribution in [0.25, 0.3) is 5.65 Å². The zero-order valence-electron chi connectivity index (χ0n) is 11.6. The van der Waals surface area contributed by atoms with Crippen LogP contribution in [-0.4, -0.2) is 33.9 Å². The zero-order valence-corrected chi connectivity index (χ0v) is 12.4. The molecule has 0 radical (unpaired) electrons. The summed E-state index contributed by atoms with van der Waals surface area (Å²) in [4.78, 5) is 15.9. The lowest BCUT2D eigenvalue weighted by Gasteiger charge is -2.03. The number of hydrogen-bond donors (Lipinski definition) is 0. The van der Waals surface area contributed by atoms with Crippen LogP contribution in [0, 0.1) is 5.92 Å². The molecule has 1 aliphatic rings. The highest BCUT2D eigenvalue weighted by Gasteiger charge is 2.38. The van der Waals surface area contributed by atoms with Crippen LogP contribution < -0.4 is 0 Å². The van der Waals surface area contributed by atoms with Crippen LogP contribution in [0.4, 0.5) is 4.39 Å². The Kier molecular flexibility index (Phi) is 4.43. The van der Waals surface area contributed by atoms with E-state index < -0.39 is 6.17 Å². The quantitative estimate of drug-likeness (QED) is 0.583. The van der Waals surface area contributed by atoms with Crippen LogP contribution >= 0.6 is 11.8 Å². The van der Waals surface area contributed by atoms with Gasteiger partial charge in [0.15, 0.2) is 0 Å². The molecule has 2 atom stereocenters. The van der Waals surface area contributed by atoms with E-state index in [1.807, 2.05) is 35.0 Å². The van der Waals surface area contributed by atoms with Gasteiger partial charge >= 0.3 is 5.97 Å². The average molecular weight is 308 g/mol. The summed E-state index contributed by atoms with van der Waals surface area (Å²) in [5.74, 6) is 1.16. The van der Waals surface area contributed by atoms with E-state index in [0.717, 1.165) is 17.1 Å². The number of pyridine rings is 1. The fourth-order valence-electron chi connectivity index (χ4n) is 2.04. The number of rotatable bonds is 7. The molecular weight excluding hydrogens is 291 g/mol. The van der Waals surface area contributed by atoms with Crippen molar-refractivity contribution in [1.82, 2.24) is 9.38 Å². The van der Waals surface area contributed by atoms with Gasteiger partial charge in [0.2, 0.25) is 0 Å². The van der Waals surface area contributed by atoms with Crippen LogP contribution in [0.2, 0.25) is 0 Å². The standard InChI is InChI=1S/C15H17FN2O2S/c16-13-7-11(13)9-20-15(19)4-6-21-10-12-8-18-5-2-1-3-14(18)17-12/h1-3,5,8,11,13H,4,6-7,9-10H2/t11-,13-/m1/s1. The molecule has 1 aliphatic carbocycles. The highest BCUT2D eigenvalue weighted by atomic mass is 32.2. The van der Waals surface area contributed by atoms with Crippen molar-refractivity contribution in [1.29, 1.82) is 0 Å². The third kappa shape index (κ3) is 3.97. The first-order valence-corrected chi connectivity index (χ1v) is 8.18. The monoisotopic (exact) mass is 308 g/mol. The van der Waals surface area contributed by atoms with Gasteiger partial charge in [0.1, 0.15) is 11.8 Å². The molecule has 0 saturated heterocycles. The molecule has 0 N–H and O–H groups in total. The van der Waals surface area contributed by atoms with E-state index in [1.54, 1.807) is 11.8 Å². The Labute approximate surface area is 126 Å². The Bertz CT molecular complexity index is 598. The Morgan fingerprint density at radius 2 is 2.38 bits per heavy atom. The van der Waals surface area contributed by atoms with Gasteiger partial charge in [0.25, 0.3) is 0 Å². The minimum atomic E-state index is -0.762. The normalized spacial score (nSPS) is 20.6. The molecule has 6 heteroatoms. The second kappa shape index (κ2) is 6.47. The van der Waals surface area contributed by atoms with Gasteiger partial charge in [-0.05, 0) is 18.6 Å². The third-order valence-corrected chi connectivity index (χ3v) is 4.40. The first kappa shape index (κ1) is 14.4. The maximum atomic E-state index is 12.6. The van der Waals surface area contributed by atoms with Crippen molar-refractivity contribution < 1.29 is 13.9 Å². The number of halogens is 1. The Morgan fingerprint density at radius 3 is 3.14 bits per heavy atom. The highest BCUT2D eigenvalue weighted by molar-refractivity contribution is 7.98. The number of carbonyl (C=O) groups is 1. The van der Waals surface area contributed by atoms with E-state index in [2.05, 4.69) is 4.98 Å². The summed E-state index contributed by atoms with van der Waals surface area (Å²) in [5.41, 5.74) is 1.93. The number of aromatic nitrogens is 2. The van der Waals surface area contributed by atoms with E-state index in [4.69, 9.17) is 4.74 Å². The van der Waals surface area contributed by atoms with Gasteiger partial charge in [-0.1, -0.05) is 6.07 Å². The van der Waals surface area contributed by atoms with E-state index in [1.165, 1.54) is 0 Å². The first-order chi connectivity index (χ1) is 10.2. The van der Waals surface area contributed by atoms with Crippen molar-refractivity contribution in [2.75, 3.05) is 12.4 Å². The van der Waals surface area contributed by atoms with Crippen LogP contribution in [0.1, 0.15) is 18.5 Å². The fourth-order valence-corrected chi connectivity index (χ4v) is 2.85. The van der Waals surface area contributed by atoms with Crippen molar-refractivity contribution in [3.63, 3.8) is 0 Å². The van der Waals surface area contributed by atoms with Crippen LogP contribution in [0.3, 0.4) is 0 Å². The van der Waals surface area contributed by atoms with Gasteiger partial charge in [-0.15, -0.1) is 0 Å². The largest absolute Gasteiger partial charge is 0.465 e. The number of esters is 1. The first-order valence-electron chi connectivity index (χ1n) is 7.02. The second-order valence-corrected chi connectivity index (χ2v) is 6.30. The van der Waals surface area contributed by atoms with Gasteiger partial charge in [-0.25, -0.2) is 9.37 Å². The van der Waals surface area contributed by atoms with Crippen molar-refractivity contribution in [3.8, 4) is 0 Å². The van der Waals surface area contributed by atoms with E-state index in [9.17, 15) is 9.18 Å². The number of imidazole rings is 1. The summed E-state index contributed by atoms with van der Waals surface area (Å²) < 4.78 is 19.6. The molecule has 2 heterocycles. The molecule has 112 valence electrons. The lowest BCUT2D eigenvalue weighted by molar-refractivity contribution is -0.143. The number of thioether (sulfide) groups is 1. The molecule has 1 saturated carbocycles. The minimum absolute atomic E-state index is 0.0559. The number of carbonyl (C=O) groups excluding carboxylic acids is 1. The summed E-state index contributed by atoms with van der Waals surface area (Å²) >= 11 is 1.65. The number of hydrogen-bond acceptors (Lipinski definition) is 4. The third-order valence-electron chi connectivity index (χ3n) is 3.41. The topological polar surface area (TPSA) is 43.6 Å². The Hall–Kier alpha value is -1.56. The molecule has 0 amide bonds. The number of ether oxygens (including phenoxy) is 1. The van der Waals surface area contributed by atoms with Crippen LogP contribution in [0.15, 0.2) is 30.6 Å². The van der Waals surface area contributed by atoms with E-state index >= 15 is 0 Å². The Morgan fingerprint density at radius 1 is 1.52 bits per heavy atom. The summed E-state index contributed by atoms with van der Waals surface area (Å²) in [6.45, 7) is 0.233. The van der Waals surface area contributed by atoms with E-state index in [-0.39, 0.29) is 18.5 Å². The lowest BCUT2D eigenvalue weighted by atomic mass is 10.4. The Balaban J connectivity index is 1.34. The van der Waals surface area contributed by atoms with Crippen LogP contribution in [0.5, 0.6) is 0 Å². The zero-order chi connectivity index (χ0) is 14.7. The highest BCUT2D eigenvalue weighted by Crippen LogP contribution is 2.33. The van der Waals surface area contributed by atoms with E-state index in [0.29, 0.717) is 18.6 Å². The molecule has 0 aromatic carbocycles. The minimum Gasteiger partial charge on any atom is -0.465 e. The predicted molar refractivity (Wildman–Crippen MR) is 79.9 cm³/mol. The smallest absolute Gasteiger partial charge is 0.306 e. The van der Waals surface area contributed by atoms with Gasteiger partial charge in [-0.2, -0.15) is 11.8 Å². The molecule has 0 bridgehead atoms. The number of nitrogens with zero attached hydrogens (tertiary/aromatic N) is 2. The van der Waals surface area contributed by atoms with Crippen molar-refractivity contribution in [2.24, 2.45) is 5.92 Å². The molecule has 0 unspecified atom stereocenters. The summed E-state index contributed by atoms with van der Waals surface area (Å²) in [6.07, 6.45) is 4.10. The lowest BCUT2D eigenvalue weighted by Crippen LogP contribution is -2.08. The van der Waals surface area contributed by atoms with Crippen molar-refractivity contribution in [3.05, 3.63) is 36.3 Å².